The third-order valence-corrected chi connectivity index (χ3v) is 7.37. The number of hydrogen-bond donors (Lipinski definition) is 12. The number of primary amides is 1. The minimum Gasteiger partial charge on any atom is -0.480 e. The van der Waals surface area contributed by atoms with Gasteiger partial charge in [-0.05, 0) is 78.3 Å². The third kappa shape index (κ3) is 16.0. The van der Waals surface area contributed by atoms with Crippen molar-refractivity contribution in [3.05, 3.63) is 0 Å². The van der Waals surface area contributed by atoms with Gasteiger partial charge in [0, 0.05) is 13.0 Å². The van der Waals surface area contributed by atoms with E-state index in [0.717, 1.165) is 6.42 Å². The average molecular weight is 670 g/mol. The van der Waals surface area contributed by atoms with Crippen LogP contribution in [-0.2, 0) is 33.6 Å². The van der Waals surface area contributed by atoms with E-state index in [-0.39, 0.29) is 44.1 Å². The summed E-state index contributed by atoms with van der Waals surface area (Å²) in [5.74, 6) is -5.60. The Morgan fingerprint density at radius 3 is 1.89 bits per heavy atom. The van der Waals surface area contributed by atoms with Gasteiger partial charge in [0.05, 0.1) is 6.04 Å². The van der Waals surface area contributed by atoms with Gasteiger partial charge in [-0.3, -0.25) is 34.2 Å². The topological polar surface area (TPSA) is 326 Å². The van der Waals surface area contributed by atoms with Gasteiger partial charge in [0.1, 0.15) is 30.2 Å². The number of unbranched alkanes of at least 4 members (excludes halogenated alkanes) is 1. The average Bonchev–Trinajstić information content (AvgIpc) is 3.55. The van der Waals surface area contributed by atoms with Crippen LogP contribution < -0.4 is 54.4 Å². The summed E-state index contributed by atoms with van der Waals surface area (Å²) >= 11 is 0. The molecule has 1 aliphatic heterocycles. The van der Waals surface area contributed by atoms with E-state index in [2.05, 4.69) is 37.2 Å². The molecule has 1 aliphatic rings. The second-order valence-corrected chi connectivity index (χ2v) is 11.4. The molecule has 15 N–H and O–H groups in total. The minimum absolute atomic E-state index is 0.181. The second kappa shape index (κ2) is 21.3. The van der Waals surface area contributed by atoms with E-state index in [0.29, 0.717) is 38.8 Å². The molecule has 0 aromatic heterocycles. The van der Waals surface area contributed by atoms with Crippen LogP contribution in [0.3, 0.4) is 0 Å². The number of nitrogens with one attached hydrogen (secondary N) is 8. The van der Waals surface area contributed by atoms with E-state index in [1.54, 1.807) is 0 Å². The molecule has 0 aromatic rings. The predicted molar refractivity (Wildman–Crippen MR) is 170 cm³/mol. The van der Waals surface area contributed by atoms with E-state index in [1.165, 1.54) is 13.8 Å². The van der Waals surface area contributed by atoms with E-state index < -0.39 is 71.8 Å². The number of carboxylic acids is 1. The highest BCUT2D eigenvalue weighted by atomic mass is 16.4. The van der Waals surface area contributed by atoms with Crippen molar-refractivity contribution in [1.29, 1.82) is 5.41 Å². The van der Waals surface area contributed by atoms with Crippen molar-refractivity contribution in [2.24, 2.45) is 17.2 Å². The molecule has 0 radical (unpaired) electrons. The van der Waals surface area contributed by atoms with Crippen LogP contribution >= 0.6 is 0 Å². The molecule has 1 rings (SSSR count). The molecular weight excluding hydrogens is 618 g/mol. The van der Waals surface area contributed by atoms with Crippen LogP contribution in [0.5, 0.6) is 0 Å². The van der Waals surface area contributed by atoms with Crippen LogP contribution in [0.4, 0.5) is 0 Å². The molecular formula is C28H51N11O8. The Hall–Kier alpha value is -4.52. The molecule has 6 amide bonds. The number of aliphatic carboxylic acids is 1. The molecule has 0 spiro atoms. The van der Waals surface area contributed by atoms with Gasteiger partial charge in [-0.25, -0.2) is 4.79 Å². The van der Waals surface area contributed by atoms with Gasteiger partial charge in [0.25, 0.3) is 0 Å². The summed E-state index contributed by atoms with van der Waals surface area (Å²) < 4.78 is 0. The number of amides is 6. The monoisotopic (exact) mass is 669 g/mol. The van der Waals surface area contributed by atoms with Gasteiger partial charge in [-0.2, -0.15) is 0 Å². The van der Waals surface area contributed by atoms with Crippen LogP contribution in [0.15, 0.2) is 0 Å². The quantitative estimate of drug-likeness (QED) is 0.0298. The van der Waals surface area contributed by atoms with E-state index >= 15 is 0 Å². The first-order valence-corrected chi connectivity index (χ1v) is 15.7. The maximum absolute atomic E-state index is 13.4. The molecule has 1 fully saturated rings. The summed E-state index contributed by atoms with van der Waals surface area (Å²) in [7, 11) is 0. The Kier molecular flexibility index (Phi) is 18.4. The zero-order valence-corrected chi connectivity index (χ0v) is 27.0. The number of rotatable bonds is 22. The normalized spacial score (nSPS) is 17.1. The summed E-state index contributed by atoms with van der Waals surface area (Å²) in [6.07, 6.45) is 2.70. The fraction of sp³-hybridized carbons (Fsp3) is 0.714. The van der Waals surface area contributed by atoms with Crippen LogP contribution in [0, 0.1) is 5.41 Å². The Morgan fingerprint density at radius 2 is 1.34 bits per heavy atom. The van der Waals surface area contributed by atoms with Gasteiger partial charge >= 0.3 is 5.97 Å². The Balaban J connectivity index is 2.90. The van der Waals surface area contributed by atoms with Crippen LogP contribution in [0.1, 0.15) is 71.6 Å². The smallest absolute Gasteiger partial charge is 0.326 e. The molecule has 0 aliphatic carbocycles. The fourth-order valence-corrected chi connectivity index (χ4v) is 4.64. The summed E-state index contributed by atoms with van der Waals surface area (Å²) in [6.45, 7) is 3.98. The number of carbonyl (C=O) groups is 7. The highest BCUT2D eigenvalue weighted by Crippen LogP contribution is 2.08. The van der Waals surface area contributed by atoms with E-state index in [9.17, 15) is 38.7 Å². The van der Waals surface area contributed by atoms with Crippen molar-refractivity contribution >= 4 is 47.4 Å². The van der Waals surface area contributed by atoms with Crippen LogP contribution in [0.2, 0.25) is 0 Å². The van der Waals surface area contributed by atoms with Crippen molar-refractivity contribution in [3.63, 3.8) is 0 Å². The summed E-state index contributed by atoms with van der Waals surface area (Å²) in [4.78, 5) is 87.2. The van der Waals surface area contributed by atoms with Crippen LogP contribution in [0.25, 0.3) is 0 Å². The summed E-state index contributed by atoms with van der Waals surface area (Å²) in [5.41, 5.74) is 16.0. The van der Waals surface area contributed by atoms with Crippen molar-refractivity contribution in [2.75, 3.05) is 19.6 Å². The maximum atomic E-state index is 13.4. The van der Waals surface area contributed by atoms with Gasteiger partial charge in [-0.15, -0.1) is 0 Å². The lowest BCUT2D eigenvalue weighted by molar-refractivity contribution is -0.142. The van der Waals surface area contributed by atoms with Gasteiger partial charge < -0.3 is 59.5 Å². The molecule has 47 heavy (non-hydrogen) atoms. The fourth-order valence-electron chi connectivity index (χ4n) is 4.64. The maximum Gasteiger partial charge on any atom is 0.326 e. The Labute approximate surface area is 273 Å². The van der Waals surface area contributed by atoms with Crippen molar-refractivity contribution in [1.82, 2.24) is 37.2 Å². The lowest BCUT2D eigenvalue weighted by Crippen LogP contribution is -2.58. The standard InChI is InChI=1S/C28H51N11O8/c1-15(22(41)35-16(2)23(42)39-20(27(46)47)10-11-21(30)40)36-25(44)18(7-3-4-12-29)38-26(45)19(9-6-14-34-28(31)32)37-24(43)17-8-5-13-33-17/h15-20,33H,3-14,29H2,1-2H3,(H2,30,40)(H,35,41)(H,36,44)(H,37,43)(H,38,45)(H,39,42)(H,46,47)(H4,31,32,34)/t15-,16-,17-,18-,19-,20-/m0/s1. The SMILES string of the molecule is C[C@H](NC(=O)[C@H](C)NC(=O)[C@H](CCCCN)NC(=O)[C@H](CCCNC(=N)N)NC(=O)[C@@H]1CCCN1)C(=O)N[C@@H](CCC(N)=O)C(=O)O. The molecule has 19 nitrogen and oxygen atoms in total. The van der Waals surface area contributed by atoms with Crippen molar-refractivity contribution < 1.29 is 38.7 Å². The first kappa shape index (κ1) is 40.5. The highest BCUT2D eigenvalue weighted by Gasteiger charge is 2.31. The molecule has 0 saturated carbocycles. The van der Waals surface area contributed by atoms with Gasteiger partial charge in [-0.1, -0.05) is 0 Å². The first-order valence-electron chi connectivity index (χ1n) is 15.7. The number of carboxylic acid groups (broad SMARTS) is 1. The zero-order chi connectivity index (χ0) is 35.5. The molecule has 0 bridgehead atoms. The summed E-state index contributed by atoms with van der Waals surface area (Å²) in [5, 5.41) is 34.9. The first-order chi connectivity index (χ1) is 22.2. The Bertz CT molecular complexity index is 1120. The van der Waals surface area contributed by atoms with Gasteiger partial charge in [0.2, 0.25) is 35.4 Å². The lowest BCUT2D eigenvalue weighted by atomic mass is 10.1. The highest BCUT2D eigenvalue weighted by molar-refractivity contribution is 5.96. The van der Waals surface area contributed by atoms with E-state index in [4.69, 9.17) is 22.6 Å². The van der Waals surface area contributed by atoms with E-state index in [1.807, 2.05) is 0 Å². The molecule has 266 valence electrons. The molecule has 1 heterocycles. The minimum atomic E-state index is -1.40. The van der Waals surface area contributed by atoms with Crippen molar-refractivity contribution in [3.8, 4) is 0 Å². The third-order valence-electron chi connectivity index (χ3n) is 7.37. The predicted octanol–water partition coefficient (Wildman–Crippen LogP) is -4.06. The van der Waals surface area contributed by atoms with Gasteiger partial charge in [0.15, 0.2) is 5.96 Å². The Morgan fingerprint density at radius 1 is 0.787 bits per heavy atom. The van der Waals surface area contributed by atoms with Crippen molar-refractivity contribution in [2.45, 2.75) is 108 Å². The number of guanidine groups is 1. The number of hydrogen-bond acceptors (Lipinski definition) is 10. The molecule has 0 aromatic carbocycles. The lowest BCUT2D eigenvalue weighted by Gasteiger charge is -2.26. The molecule has 0 unspecified atom stereocenters. The molecule has 1 saturated heterocycles. The summed E-state index contributed by atoms with van der Waals surface area (Å²) in [6, 6.07) is -6.31. The largest absolute Gasteiger partial charge is 0.480 e. The molecule has 19 heteroatoms. The number of nitrogens with two attached hydrogens (primary N) is 3. The zero-order valence-electron chi connectivity index (χ0n) is 27.0. The molecule has 6 atom stereocenters. The second-order valence-electron chi connectivity index (χ2n) is 11.4. The van der Waals surface area contributed by atoms with Crippen LogP contribution in [-0.4, -0.2) is 108 Å². The number of carbonyl (C=O) groups excluding carboxylic acids is 6.